The third-order valence-electron chi connectivity index (χ3n) is 8.19. The van der Waals surface area contributed by atoms with Gasteiger partial charge in [-0.2, -0.15) is 13.2 Å². The minimum Gasteiger partial charge on any atom is -0.166 e. The van der Waals surface area contributed by atoms with E-state index >= 15 is 0 Å². The van der Waals surface area contributed by atoms with Crippen LogP contribution in [0.3, 0.4) is 0 Å². The van der Waals surface area contributed by atoms with Crippen LogP contribution in [0.4, 0.5) is 13.2 Å². The van der Waals surface area contributed by atoms with Crippen molar-refractivity contribution in [2.24, 2.45) is 29.6 Å². The quantitative estimate of drug-likeness (QED) is 0.490. The van der Waals surface area contributed by atoms with Crippen LogP contribution in [0, 0.1) is 29.6 Å². The Hall–Kier alpha value is -0.990. The zero-order valence-electron chi connectivity index (χ0n) is 17.2. The number of aryl methyl sites for hydroxylation is 1. The molecule has 1 aromatic rings. The van der Waals surface area contributed by atoms with Gasteiger partial charge in [0.05, 0.1) is 5.56 Å². The molecule has 0 N–H and O–H groups in total. The minimum absolute atomic E-state index is 0.481. The summed E-state index contributed by atoms with van der Waals surface area (Å²) in [7, 11) is 0. The molecule has 0 aliphatic heterocycles. The van der Waals surface area contributed by atoms with Crippen molar-refractivity contribution in [3.05, 3.63) is 34.9 Å². The van der Waals surface area contributed by atoms with E-state index in [2.05, 4.69) is 6.92 Å². The molecule has 1 aromatic carbocycles. The largest absolute Gasteiger partial charge is 0.416 e. The average molecular weight is 393 g/mol. The highest BCUT2D eigenvalue weighted by atomic mass is 19.4. The average Bonchev–Trinajstić information content (AvgIpc) is 2.70. The van der Waals surface area contributed by atoms with Gasteiger partial charge in [-0.3, -0.25) is 0 Å². The molecule has 156 valence electrons. The van der Waals surface area contributed by atoms with Crippen molar-refractivity contribution in [3.63, 3.8) is 0 Å². The van der Waals surface area contributed by atoms with Crippen molar-refractivity contribution < 1.29 is 13.2 Å². The van der Waals surface area contributed by atoms with E-state index in [0.29, 0.717) is 5.92 Å². The zero-order chi connectivity index (χ0) is 19.7. The number of fused-ring (bicyclic) bond motifs is 2. The molecule has 2 fully saturated rings. The third kappa shape index (κ3) is 4.44. The summed E-state index contributed by atoms with van der Waals surface area (Å²) < 4.78 is 38.9. The van der Waals surface area contributed by atoms with Crippen molar-refractivity contribution >= 4 is 0 Å². The SMILES string of the molecule is CCCCC1CCC2CC(C3CCc4cc(C(F)(F)F)ccc4C3)CCC2C1. The molecule has 0 bridgehead atoms. The fraction of sp³-hybridized carbons (Fsp3) is 0.760. The van der Waals surface area contributed by atoms with Gasteiger partial charge in [0, 0.05) is 0 Å². The number of benzene rings is 1. The summed E-state index contributed by atoms with van der Waals surface area (Å²) in [4.78, 5) is 0. The van der Waals surface area contributed by atoms with Crippen molar-refractivity contribution in [1.29, 1.82) is 0 Å². The maximum absolute atomic E-state index is 13.0. The van der Waals surface area contributed by atoms with Crippen molar-refractivity contribution in [2.75, 3.05) is 0 Å². The second-order valence-electron chi connectivity index (χ2n) is 9.90. The predicted octanol–water partition coefficient (Wildman–Crippen LogP) is 7.83. The van der Waals surface area contributed by atoms with E-state index in [-0.39, 0.29) is 0 Å². The number of unbranched alkanes of at least 4 members (excludes halogenated alkanes) is 1. The molecule has 5 atom stereocenters. The van der Waals surface area contributed by atoms with Crippen molar-refractivity contribution in [1.82, 2.24) is 0 Å². The van der Waals surface area contributed by atoms with Crippen LogP contribution in [0.2, 0.25) is 0 Å². The molecule has 3 heteroatoms. The number of alkyl halides is 3. The molecular formula is C25H35F3. The van der Waals surface area contributed by atoms with Crippen LogP contribution in [0.5, 0.6) is 0 Å². The van der Waals surface area contributed by atoms with E-state index in [0.717, 1.165) is 48.5 Å². The zero-order valence-corrected chi connectivity index (χ0v) is 17.2. The Balaban J connectivity index is 1.35. The van der Waals surface area contributed by atoms with E-state index in [1.807, 2.05) is 0 Å². The van der Waals surface area contributed by atoms with Gasteiger partial charge < -0.3 is 0 Å². The molecule has 0 radical (unpaired) electrons. The first-order valence-electron chi connectivity index (χ1n) is 11.6. The molecule has 0 amide bonds. The summed E-state index contributed by atoms with van der Waals surface area (Å²) in [6, 6.07) is 4.45. The standard InChI is InChI=1S/C25H35F3/c1-2-3-4-17-5-6-19-14-20(8-7-18(19)13-17)21-9-10-23-16-24(25(26,27)28)12-11-22(23)15-21/h11-12,16-21H,2-10,13-15H2,1H3. The summed E-state index contributed by atoms with van der Waals surface area (Å²) in [5, 5.41) is 0. The number of hydrogen-bond acceptors (Lipinski definition) is 0. The fourth-order valence-corrected chi connectivity index (χ4v) is 6.57. The molecule has 0 nitrogen and oxygen atoms in total. The van der Waals surface area contributed by atoms with Gasteiger partial charge in [-0.05, 0) is 104 Å². The maximum Gasteiger partial charge on any atom is 0.416 e. The second-order valence-corrected chi connectivity index (χ2v) is 9.90. The van der Waals surface area contributed by atoms with Crippen LogP contribution in [-0.4, -0.2) is 0 Å². The predicted molar refractivity (Wildman–Crippen MR) is 108 cm³/mol. The fourth-order valence-electron chi connectivity index (χ4n) is 6.57. The van der Waals surface area contributed by atoms with E-state index < -0.39 is 11.7 Å². The van der Waals surface area contributed by atoms with E-state index in [1.54, 1.807) is 6.07 Å². The van der Waals surface area contributed by atoms with Crippen LogP contribution in [-0.2, 0) is 19.0 Å². The Morgan fingerprint density at radius 2 is 1.57 bits per heavy atom. The van der Waals surface area contributed by atoms with Gasteiger partial charge >= 0.3 is 6.18 Å². The van der Waals surface area contributed by atoms with E-state index in [9.17, 15) is 13.2 Å². The van der Waals surface area contributed by atoms with Gasteiger partial charge in [0.2, 0.25) is 0 Å². The van der Waals surface area contributed by atoms with Gasteiger partial charge in [-0.25, -0.2) is 0 Å². The molecule has 4 rings (SSSR count). The molecule has 3 aliphatic rings. The molecule has 0 heterocycles. The highest BCUT2D eigenvalue weighted by Crippen LogP contribution is 2.49. The summed E-state index contributed by atoms with van der Waals surface area (Å²) in [6.07, 6.45) is 11.3. The Morgan fingerprint density at radius 1 is 0.857 bits per heavy atom. The summed E-state index contributed by atoms with van der Waals surface area (Å²) in [6.45, 7) is 2.29. The van der Waals surface area contributed by atoms with Crippen LogP contribution in [0.15, 0.2) is 18.2 Å². The Morgan fingerprint density at radius 3 is 2.32 bits per heavy atom. The Bertz CT molecular complexity index is 662. The highest BCUT2D eigenvalue weighted by Gasteiger charge is 2.39. The lowest BCUT2D eigenvalue weighted by molar-refractivity contribution is -0.137. The lowest BCUT2D eigenvalue weighted by Crippen LogP contribution is -2.35. The molecule has 0 spiro atoms. The number of hydrogen-bond donors (Lipinski definition) is 0. The first-order valence-corrected chi connectivity index (χ1v) is 11.6. The van der Waals surface area contributed by atoms with E-state index in [4.69, 9.17) is 0 Å². The highest BCUT2D eigenvalue weighted by molar-refractivity contribution is 5.35. The molecule has 5 unspecified atom stereocenters. The lowest BCUT2D eigenvalue weighted by atomic mass is 9.61. The van der Waals surface area contributed by atoms with Gasteiger partial charge in [-0.15, -0.1) is 0 Å². The summed E-state index contributed by atoms with van der Waals surface area (Å²) in [5.41, 5.74) is 1.64. The Kier molecular flexibility index (Phi) is 6.09. The molecule has 3 aliphatic carbocycles. The number of halogens is 3. The monoisotopic (exact) mass is 392 g/mol. The van der Waals surface area contributed by atoms with Gasteiger partial charge in [0.15, 0.2) is 0 Å². The van der Waals surface area contributed by atoms with E-state index in [1.165, 1.54) is 75.5 Å². The topological polar surface area (TPSA) is 0 Å². The Labute approximate surface area is 168 Å². The molecule has 2 saturated carbocycles. The summed E-state index contributed by atoms with van der Waals surface area (Å²) in [5.74, 6) is 4.33. The normalized spacial score (nSPS) is 33.2. The number of rotatable bonds is 4. The first-order chi connectivity index (χ1) is 13.4. The second kappa shape index (κ2) is 8.40. The van der Waals surface area contributed by atoms with Crippen LogP contribution in [0.1, 0.15) is 87.8 Å². The van der Waals surface area contributed by atoms with Crippen LogP contribution in [0.25, 0.3) is 0 Å². The third-order valence-corrected chi connectivity index (χ3v) is 8.19. The van der Waals surface area contributed by atoms with Gasteiger partial charge in [0.1, 0.15) is 0 Å². The maximum atomic E-state index is 13.0. The molecular weight excluding hydrogens is 357 g/mol. The molecule has 0 saturated heterocycles. The summed E-state index contributed by atoms with van der Waals surface area (Å²) >= 11 is 0. The van der Waals surface area contributed by atoms with Crippen LogP contribution >= 0.6 is 0 Å². The molecule has 28 heavy (non-hydrogen) atoms. The first kappa shape index (κ1) is 20.3. The van der Waals surface area contributed by atoms with Crippen molar-refractivity contribution in [3.8, 4) is 0 Å². The minimum atomic E-state index is -4.22. The smallest absolute Gasteiger partial charge is 0.166 e. The molecule has 0 aromatic heterocycles. The van der Waals surface area contributed by atoms with Gasteiger partial charge in [-0.1, -0.05) is 38.7 Å². The lowest BCUT2D eigenvalue weighted by Gasteiger charge is -2.45. The van der Waals surface area contributed by atoms with Crippen LogP contribution < -0.4 is 0 Å². The van der Waals surface area contributed by atoms with Crippen molar-refractivity contribution in [2.45, 2.75) is 90.1 Å². The van der Waals surface area contributed by atoms with Gasteiger partial charge in [0.25, 0.3) is 0 Å².